The van der Waals surface area contributed by atoms with Gasteiger partial charge in [0.1, 0.15) is 34.6 Å². The lowest BCUT2D eigenvalue weighted by Crippen LogP contribution is -2.33. The number of benzene rings is 2. The van der Waals surface area contributed by atoms with Crippen molar-refractivity contribution in [3.8, 4) is 11.5 Å². The fourth-order valence-corrected chi connectivity index (χ4v) is 3.21. The Kier molecular flexibility index (Phi) is 6.97. The third-order valence-corrected chi connectivity index (χ3v) is 4.82. The highest BCUT2D eigenvalue weighted by Crippen LogP contribution is 2.25. The van der Waals surface area contributed by atoms with Crippen molar-refractivity contribution >= 4 is 28.8 Å². The number of nitrogens with zero attached hydrogens (tertiary/aromatic N) is 1. The SMILES string of the molecule is COc1ccc(C)cc1NC(=O)CNC(=O)c1csc(COc2ccc(F)cc2)n1. The lowest BCUT2D eigenvalue weighted by molar-refractivity contribution is -0.115. The van der Waals surface area contributed by atoms with Gasteiger partial charge in [-0.25, -0.2) is 9.37 Å². The molecule has 0 fully saturated rings. The number of carbonyl (C=O) groups is 2. The first-order valence-corrected chi connectivity index (χ1v) is 9.88. The Bertz CT molecular complexity index is 1040. The predicted molar refractivity (Wildman–Crippen MR) is 112 cm³/mol. The van der Waals surface area contributed by atoms with Crippen molar-refractivity contribution in [1.29, 1.82) is 0 Å². The molecule has 0 saturated carbocycles. The van der Waals surface area contributed by atoms with Crippen molar-refractivity contribution in [1.82, 2.24) is 10.3 Å². The van der Waals surface area contributed by atoms with Gasteiger partial charge < -0.3 is 20.1 Å². The number of thiazole rings is 1. The van der Waals surface area contributed by atoms with Crippen LogP contribution in [0.2, 0.25) is 0 Å². The Morgan fingerprint density at radius 2 is 1.93 bits per heavy atom. The van der Waals surface area contributed by atoms with Crippen LogP contribution in [0.3, 0.4) is 0 Å². The number of amides is 2. The maximum Gasteiger partial charge on any atom is 0.271 e. The standard InChI is InChI=1S/C21H20FN3O4S/c1-13-3-8-18(28-2)16(9-13)24-19(26)10-23-21(27)17-12-30-20(25-17)11-29-15-6-4-14(22)5-7-15/h3-9,12H,10-11H2,1-2H3,(H,23,27)(H,24,26). The first-order chi connectivity index (χ1) is 14.4. The normalized spacial score (nSPS) is 10.4. The van der Waals surface area contributed by atoms with E-state index in [0.29, 0.717) is 22.2 Å². The van der Waals surface area contributed by atoms with Gasteiger partial charge >= 0.3 is 0 Å². The third kappa shape index (κ3) is 5.77. The van der Waals surface area contributed by atoms with Gasteiger partial charge in [-0.05, 0) is 48.9 Å². The van der Waals surface area contributed by atoms with Gasteiger partial charge in [0.15, 0.2) is 0 Å². The van der Waals surface area contributed by atoms with Crippen molar-refractivity contribution in [3.63, 3.8) is 0 Å². The van der Waals surface area contributed by atoms with Gasteiger partial charge in [-0.15, -0.1) is 11.3 Å². The van der Waals surface area contributed by atoms with Crippen LogP contribution in [0.5, 0.6) is 11.5 Å². The number of aromatic nitrogens is 1. The fraction of sp³-hybridized carbons (Fsp3) is 0.190. The summed E-state index contributed by atoms with van der Waals surface area (Å²) in [6.07, 6.45) is 0. The minimum atomic E-state index is -0.467. The molecule has 1 aromatic heterocycles. The number of nitrogens with one attached hydrogen (secondary N) is 2. The molecule has 2 aromatic carbocycles. The summed E-state index contributed by atoms with van der Waals surface area (Å²) in [5.41, 5.74) is 1.69. The molecule has 2 amide bonds. The van der Waals surface area contributed by atoms with E-state index in [2.05, 4.69) is 15.6 Å². The fourth-order valence-electron chi connectivity index (χ4n) is 2.52. The van der Waals surface area contributed by atoms with E-state index in [1.807, 2.05) is 13.0 Å². The van der Waals surface area contributed by atoms with Crippen LogP contribution in [0, 0.1) is 12.7 Å². The zero-order valence-corrected chi connectivity index (χ0v) is 17.2. The third-order valence-electron chi connectivity index (χ3n) is 4.00. The van der Waals surface area contributed by atoms with E-state index >= 15 is 0 Å². The highest BCUT2D eigenvalue weighted by atomic mass is 32.1. The highest BCUT2D eigenvalue weighted by Gasteiger charge is 2.14. The van der Waals surface area contributed by atoms with E-state index in [1.165, 1.54) is 42.7 Å². The molecule has 0 radical (unpaired) electrons. The van der Waals surface area contributed by atoms with E-state index in [9.17, 15) is 14.0 Å². The first-order valence-electron chi connectivity index (χ1n) is 9.00. The van der Waals surface area contributed by atoms with Crippen molar-refractivity contribution < 1.29 is 23.5 Å². The number of carbonyl (C=O) groups excluding carboxylic acids is 2. The minimum absolute atomic E-state index is 0.150. The lowest BCUT2D eigenvalue weighted by Gasteiger charge is -2.11. The van der Waals surface area contributed by atoms with Gasteiger partial charge in [-0.1, -0.05) is 6.07 Å². The molecule has 0 aliphatic carbocycles. The van der Waals surface area contributed by atoms with E-state index < -0.39 is 5.91 Å². The molecule has 0 aliphatic rings. The molecule has 7 nitrogen and oxygen atoms in total. The molecule has 3 rings (SSSR count). The molecule has 30 heavy (non-hydrogen) atoms. The molecule has 156 valence electrons. The summed E-state index contributed by atoms with van der Waals surface area (Å²) in [4.78, 5) is 28.6. The summed E-state index contributed by atoms with van der Waals surface area (Å²) in [7, 11) is 1.52. The van der Waals surface area contributed by atoms with E-state index in [4.69, 9.17) is 9.47 Å². The summed E-state index contributed by atoms with van der Waals surface area (Å²) < 4.78 is 23.6. The van der Waals surface area contributed by atoms with Crippen molar-refractivity contribution in [3.05, 3.63) is 69.9 Å². The smallest absolute Gasteiger partial charge is 0.271 e. The number of anilines is 1. The van der Waals surface area contributed by atoms with Crippen LogP contribution in [-0.2, 0) is 11.4 Å². The second-order valence-corrected chi connectivity index (χ2v) is 7.25. The Balaban J connectivity index is 1.50. The van der Waals surface area contributed by atoms with Crippen LogP contribution in [0.25, 0.3) is 0 Å². The number of halogens is 1. The lowest BCUT2D eigenvalue weighted by atomic mass is 10.2. The highest BCUT2D eigenvalue weighted by molar-refractivity contribution is 7.09. The van der Waals surface area contributed by atoms with E-state index in [0.717, 1.165) is 5.56 Å². The molecule has 0 unspecified atom stereocenters. The van der Waals surface area contributed by atoms with Gasteiger partial charge in [0.25, 0.3) is 5.91 Å². The van der Waals surface area contributed by atoms with Gasteiger partial charge in [-0.3, -0.25) is 9.59 Å². The number of ether oxygens (including phenoxy) is 2. The number of hydrogen-bond acceptors (Lipinski definition) is 6. The Labute approximate surface area is 176 Å². The average molecular weight is 429 g/mol. The van der Waals surface area contributed by atoms with Crippen LogP contribution in [0.15, 0.2) is 47.8 Å². The maximum atomic E-state index is 12.9. The van der Waals surface area contributed by atoms with Crippen LogP contribution < -0.4 is 20.1 Å². The Morgan fingerprint density at radius 3 is 2.67 bits per heavy atom. The second kappa shape index (κ2) is 9.84. The monoisotopic (exact) mass is 429 g/mol. The van der Waals surface area contributed by atoms with Crippen LogP contribution >= 0.6 is 11.3 Å². The summed E-state index contributed by atoms with van der Waals surface area (Å²) in [5, 5.41) is 7.41. The van der Waals surface area contributed by atoms with E-state index in [1.54, 1.807) is 17.5 Å². The molecule has 0 atom stereocenters. The molecule has 0 spiro atoms. The number of hydrogen-bond donors (Lipinski definition) is 2. The number of methoxy groups -OCH3 is 1. The molecule has 1 heterocycles. The van der Waals surface area contributed by atoms with Gasteiger partial charge in [0.2, 0.25) is 5.91 Å². The zero-order chi connectivity index (χ0) is 21.5. The molecule has 0 aliphatic heterocycles. The summed E-state index contributed by atoms with van der Waals surface area (Å²) in [5.74, 6) is -0.167. The summed E-state index contributed by atoms with van der Waals surface area (Å²) in [6.45, 7) is 1.84. The Hall–Kier alpha value is -3.46. The van der Waals surface area contributed by atoms with E-state index in [-0.39, 0.29) is 30.6 Å². The quantitative estimate of drug-likeness (QED) is 0.572. The predicted octanol–water partition coefficient (Wildman–Crippen LogP) is 3.55. The molecule has 0 bridgehead atoms. The summed E-state index contributed by atoms with van der Waals surface area (Å²) >= 11 is 1.26. The van der Waals surface area contributed by atoms with Crippen molar-refractivity contribution in [2.24, 2.45) is 0 Å². The number of rotatable bonds is 8. The molecule has 3 aromatic rings. The van der Waals surface area contributed by atoms with Gasteiger partial charge in [0.05, 0.1) is 19.3 Å². The molecule has 9 heteroatoms. The second-order valence-electron chi connectivity index (χ2n) is 6.30. The molecule has 0 saturated heterocycles. The van der Waals surface area contributed by atoms with Gasteiger partial charge in [-0.2, -0.15) is 0 Å². The van der Waals surface area contributed by atoms with Crippen LogP contribution in [-0.4, -0.2) is 30.5 Å². The zero-order valence-electron chi connectivity index (χ0n) is 16.4. The average Bonchev–Trinajstić information content (AvgIpc) is 3.21. The Morgan fingerprint density at radius 1 is 1.17 bits per heavy atom. The van der Waals surface area contributed by atoms with Crippen LogP contribution in [0.1, 0.15) is 21.1 Å². The maximum absolute atomic E-state index is 12.9. The summed E-state index contributed by atoms with van der Waals surface area (Å²) in [6, 6.07) is 11.0. The topological polar surface area (TPSA) is 89.6 Å². The van der Waals surface area contributed by atoms with Crippen LogP contribution in [0.4, 0.5) is 10.1 Å². The molecular formula is C21H20FN3O4S. The number of aryl methyl sites for hydroxylation is 1. The minimum Gasteiger partial charge on any atom is -0.495 e. The van der Waals surface area contributed by atoms with Gasteiger partial charge in [0, 0.05) is 5.38 Å². The van der Waals surface area contributed by atoms with Crippen molar-refractivity contribution in [2.75, 3.05) is 19.0 Å². The largest absolute Gasteiger partial charge is 0.495 e. The first kappa shape index (κ1) is 21.3. The van der Waals surface area contributed by atoms with Crippen molar-refractivity contribution in [2.45, 2.75) is 13.5 Å². The molecule has 2 N–H and O–H groups in total. The molecular weight excluding hydrogens is 409 g/mol.